The Kier molecular flexibility index (Phi) is 7.16. The first kappa shape index (κ1) is 27.2. The van der Waals surface area contributed by atoms with Gasteiger partial charge in [0, 0.05) is 35.2 Å². The molecule has 0 fully saturated rings. The molecule has 2 heterocycles. The lowest BCUT2D eigenvalue weighted by atomic mass is 9.77. The maximum absolute atomic E-state index is 15.3. The van der Waals surface area contributed by atoms with Crippen LogP contribution in [0.1, 0.15) is 68.5 Å². The van der Waals surface area contributed by atoms with Crippen molar-refractivity contribution in [3.05, 3.63) is 135 Å². The molecule has 2 unspecified atom stereocenters. The van der Waals surface area contributed by atoms with Gasteiger partial charge in [-0.1, -0.05) is 48.2 Å². The Morgan fingerprint density at radius 3 is 2.37 bits per heavy atom. The van der Waals surface area contributed by atoms with Gasteiger partial charge in [-0.15, -0.1) is 0 Å². The van der Waals surface area contributed by atoms with Crippen LogP contribution in [-0.4, -0.2) is 21.9 Å². The fourth-order valence-corrected chi connectivity index (χ4v) is 7.16. The fourth-order valence-electron chi connectivity index (χ4n) is 5.83. The first-order chi connectivity index (χ1) is 19.7. The molecule has 0 saturated heterocycles. The molecule has 0 amide bonds. The van der Waals surface area contributed by atoms with Gasteiger partial charge in [-0.25, -0.2) is 13.2 Å². The number of nitrogens with zero attached hydrogens (tertiary/aromatic N) is 2. The molecule has 2 aliphatic rings. The largest absolute Gasteiger partial charge is 0.295 e. The van der Waals surface area contributed by atoms with E-state index in [1.54, 1.807) is 30.9 Å². The number of aromatic nitrogens is 1. The molecule has 0 bridgehead atoms. The normalized spacial score (nSPS) is 17.8. The van der Waals surface area contributed by atoms with Gasteiger partial charge in [0.1, 0.15) is 22.5 Å². The first-order valence-corrected chi connectivity index (χ1v) is 14.3. The van der Waals surface area contributed by atoms with Crippen molar-refractivity contribution in [2.24, 2.45) is 4.99 Å². The summed E-state index contributed by atoms with van der Waals surface area (Å²) in [6, 6.07) is 18.5. The first-order valence-electron chi connectivity index (χ1n) is 13.5. The van der Waals surface area contributed by atoms with Crippen LogP contribution in [-0.2, 0) is 12.8 Å². The molecule has 0 saturated carbocycles. The van der Waals surface area contributed by atoms with E-state index < -0.39 is 23.5 Å². The van der Waals surface area contributed by atoms with E-state index in [9.17, 15) is 9.18 Å². The van der Waals surface area contributed by atoms with Gasteiger partial charge in [0.15, 0.2) is 5.78 Å². The molecule has 0 N–H and O–H groups in total. The van der Waals surface area contributed by atoms with Crippen molar-refractivity contribution >= 4 is 33.7 Å². The average Bonchev–Trinajstić information content (AvgIpc) is 3.39. The summed E-state index contributed by atoms with van der Waals surface area (Å²) < 4.78 is 44.6. The van der Waals surface area contributed by atoms with Crippen molar-refractivity contribution in [3.63, 3.8) is 0 Å². The number of hydrogen-bond acceptors (Lipinski definition) is 4. The summed E-state index contributed by atoms with van der Waals surface area (Å²) >= 11 is 1.56. The minimum atomic E-state index is -0.959. The number of pyridine rings is 1. The Morgan fingerprint density at radius 2 is 1.66 bits per heavy atom. The van der Waals surface area contributed by atoms with Crippen molar-refractivity contribution in [2.45, 2.75) is 44.9 Å². The standard InChI is InChI=1S/C34H27F3N2OS/c1-18-10-12-24(17-38-18)34-39-32-30(31-27(36)15-25(35)16-28(31)37)19(2)29-22(7-5-9-26(29)33(32)41-34)13-11-21-6-4-8-23(14-21)20(3)40/h4-10,12,14-17,32-33H,11,13H2,1-3H3. The lowest BCUT2D eigenvalue weighted by Crippen LogP contribution is -2.22. The summed E-state index contributed by atoms with van der Waals surface area (Å²) in [5, 5.41) is 0.532. The third kappa shape index (κ3) is 5.04. The second-order valence-electron chi connectivity index (χ2n) is 10.5. The van der Waals surface area contributed by atoms with E-state index >= 15 is 8.78 Å². The second-order valence-corrected chi connectivity index (χ2v) is 11.7. The van der Waals surface area contributed by atoms with Crippen LogP contribution in [0.5, 0.6) is 0 Å². The highest BCUT2D eigenvalue weighted by Crippen LogP contribution is 2.55. The van der Waals surface area contributed by atoms with Gasteiger partial charge in [-0.05, 0) is 85.2 Å². The van der Waals surface area contributed by atoms with Crippen molar-refractivity contribution in [1.82, 2.24) is 4.98 Å². The zero-order chi connectivity index (χ0) is 28.8. The number of rotatable bonds is 6. The van der Waals surface area contributed by atoms with Gasteiger partial charge in [0.05, 0.1) is 16.9 Å². The molecular formula is C34H27F3N2OS. The summed E-state index contributed by atoms with van der Waals surface area (Å²) in [6.45, 7) is 5.33. The number of aryl methyl sites for hydroxylation is 3. The minimum absolute atomic E-state index is 0.0135. The smallest absolute Gasteiger partial charge is 0.159 e. The minimum Gasteiger partial charge on any atom is -0.295 e. The highest BCUT2D eigenvalue weighted by atomic mass is 32.2. The molecule has 4 aromatic rings. The molecule has 2 atom stereocenters. The van der Waals surface area contributed by atoms with Crippen LogP contribution in [0.4, 0.5) is 13.2 Å². The monoisotopic (exact) mass is 568 g/mol. The zero-order valence-corrected chi connectivity index (χ0v) is 23.7. The van der Waals surface area contributed by atoms with E-state index in [-0.39, 0.29) is 16.6 Å². The van der Waals surface area contributed by atoms with Crippen LogP contribution in [0.25, 0.3) is 11.1 Å². The van der Waals surface area contributed by atoms with Crippen LogP contribution >= 0.6 is 11.8 Å². The number of ketones is 1. The zero-order valence-electron chi connectivity index (χ0n) is 22.8. The van der Waals surface area contributed by atoms with E-state index in [1.807, 2.05) is 56.3 Å². The Hall–Kier alpha value is -3.97. The molecule has 6 rings (SSSR count). The number of halogens is 3. The summed E-state index contributed by atoms with van der Waals surface area (Å²) in [5.74, 6) is -2.83. The number of carbonyl (C=O) groups excluding carboxylic acids is 1. The fraction of sp³-hybridized carbons (Fsp3) is 0.206. The highest BCUT2D eigenvalue weighted by molar-refractivity contribution is 8.15. The number of Topliss-reactive ketones (excluding diaryl/α,β-unsaturated/α-hetero) is 1. The number of fused-ring (bicyclic) bond motifs is 3. The molecule has 206 valence electrons. The van der Waals surface area contributed by atoms with Gasteiger partial charge in [0.25, 0.3) is 0 Å². The predicted molar refractivity (Wildman–Crippen MR) is 159 cm³/mol. The second kappa shape index (κ2) is 10.8. The summed E-state index contributed by atoms with van der Waals surface area (Å²) in [6.07, 6.45) is 3.12. The van der Waals surface area contributed by atoms with Crippen molar-refractivity contribution < 1.29 is 18.0 Å². The topological polar surface area (TPSA) is 42.3 Å². The number of carbonyl (C=O) groups is 1. The lowest BCUT2D eigenvalue weighted by Gasteiger charge is -2.32. The SMILES string of the molecule is CC(=O)c1cccc(CCc2cccc3c2C(C)=C(c2c(F)cc(F)cc2F)C2N=C(c4ccc(C)nc4)SC32)c1. The molecule has 41 heavy (non-hydrogen) atoms. The number of allylic oxidation sites excluding steroid dienone is 1. The van der Waals surface area contributed by atoms with Crippen molar-refractivity contribution in [1.29, 1.82) is 0 Å². The maximum Gasteiger partial charge on any atom is 0.159 e. The van der Waals surface area contributed by atoms with Gasteiger partial charge < -0.3 is 0 Å². The third-order valence-corrected chi connectivity index (χ3v) is 9.13. The summed E-state index contributed by atoms with van der Waals surface area (Å²) in [4.78, 5) is 21.3. The third-order valence-electron chi connectivity index (χ3n) is 7.80. The quantitative estimate of drug-likeness (QED) is 0.220. The number of aliphatic imine (C=N–C) groups is 1. The van der Waals surface area contributed by atoms with Crippen LogP contribution in [0.3, 0.4) is 0 Å². The lowest BCUT2D eigenvalue weighted by molar-refractivity contribution is 0.101. The molecule has 1 aliphatic heterocycles. The highest BCUT2D eigenvalue weighted by Gasteiger charge is 2.42. The van der Waals surface area contributed by atoms with E-state index in [2.05, 4.69) is 11.1 Å². The molecule has 1 aliphatic carbocycles. The average molecular weight is 569 g/mol. The Labute approximate surface area is 241 Å². The molecule has 1 aromatic heterocycles. The maximum atomic E-state index is 15.3. The Bertz CT molecular complexity index is 1740. The van der Waals surface area contributed by atoms with Crippen molar-refractivity contribution in [2.75, 3.05) is 0 Å². The van der Waals surface area contributed by atoms with Crippen LogP contribution in [0.15, 0.2) is 77.9 Å². The number of hydrogen-bond donors (Lipinski definition) is 0. The Balaban J connectivity index is 1.48. The predicted octanol–water partition coefficient (Wildman–Crippen LogP) is 8.34. The van der Waals surface area contributed by atoms with Crippen LogP contribution in [0.2, 0.25) is 0 Å². The summed E-state index contributed by atoms with van der Waals surface area (Å²) in [7, 11) is 0. The molecule has 3 nitrogen and oxygen atoms in total. The van der Waals surface area contributed by atoms with E-state index in [0.717, 1.165) is 56.3 Å². The van der Waals surface area contributed by atoms with E-state index in [1.165, 1.54) is 0 Å². The van der Waals surface area contributed by atoms with E-state index in [4.69, 9.17) is 4.99 Å². The Morgan fingerprint density at radius 1 is 0.902 bits per heavy atom. The number of benzene rings is 3. The molecule has 0 spiro atoms. The van der Waals surface area contributed by atoms with Gasteiger partial charge in [-0.2, -0.15) is 0 Å². The van der Waals surface area contributed by atoms with Crippen LogP contribution in [0, 0.1) is 24.4 Å². The molecule has 7 heteroatoms. The molecular weight excluding hydrogens is 541 g/mol. The van der Waals surface area contributed by atoms with Crippen molar-refractivity contribution in [3.8, 4) is 0 Å². The van der Waals surface area contributed by atoms with Gasteiger partial charge in [0.2, 0.25) is 0 Å². The summed E-state index contributed by atoms with van der Waals surface area (Å²) in [5.41, 5.74) is 7.39. The molecule has 0 radical (unpaired) electrons. The van der Waals surface area contributed by atoms with Gasteiger partial charge in [-0.3, -0.25) is 14.8 Å². The van der Waals surface area contributed by atoms with Gasteiger partial charge >= 0.3 is 0 Å². The molecule has 3 aromatic carbocycles. The number of thioether (sulfide) groups is 1. The van der Waals surface area contributed by atoms with Crippen LogP contribution < -0.4 is 0 Å². The van der Waals surface area contributed by atoms with E-state index in [0.29, 0.717) is 24.0 Å².